The second-order valence-electron chi connectivity index (χ2n) is 7.49. The highest BCUT2D eigenvalue weighted by Crippen LogP contribution is 2.60. The van der Waals surface area contributed by atoms with Crippen molar-refractivity contribution >= 4 is 0 Å². The molecule has 0 amide bonds. The summed E-state index contributed by atoms with van der Waals surface area (Å²) in [6.07, 6.45) is 12.6. The van der Waals surface area contributed by atoms with E-state index >= 15 is 0 Å². The average molecular weight is 268 g/mol. The van der Waals surface area contributed by atoms with Crippen LogP contribution in [0.3, 0.4) is 0 Å². The molecule has 4 fully saturated rings. The van der Waals surface area contributed by atoms with Gasteiger partial charge in [-0.1, -0.05) is 42.5 Å². The maximum Gasteiger partial charge on any atom is 0.0972 e. The Morgan fingerprint density at radius 1 is 0.950 bits per heavy atom. The molecule has 4 aliphatic carbocycles. The van der Waals surface area contributed by atoms with Crippen LogP contribution < -0.4 is 0 Å². The third-order valence-electron chi connectivity index (χ3n) is 5.86. The van der Waals surface area contributed by atoms with E-state index in [1.807, 2.05) is 30.3 Å². The van der Waals surface area contributed by atoms with E-state index in [9.17, 15) is 5.11 Å². The number of aliphatic hydroxyl groups excluding tert-OH is 1. The first-order chi connectivity index (χ1) is 9.72. The summed E-state index contributed by atoms with van der Waals surface area (Å²) >= 11 is 0. The predicted octanol–water partition coefficient (Wildman–Crippen LogP) is 4.49. The van der Waals surface area contributed by atoms with Crippen LogP contribution in [0.25, 0.3) is 0 Å². The van der Waals surface area contributed by atoms with Crippen molar-refractivity contribution in [1.29, 1.82) is 0 Å². The van der Waals surface area contributed by atoms with Crippen molar-refractivity contribution in [2.24, 2.45) is 23.2 Å². The van der Waals surface area contributed by atoms with Gasteiger partial charge in [-0.15, -0.1) is 0 Å². The summed E-state index contributed by atoms with van der Waals surface area (Å²) in [5.41, 5.74) is 1.43. The standard InChI is InChI=1S/C19H24O/c20-18(17-4-2-1-3-5-17)6-7-19-11-14-8-15(12-19)10-16(9-14)13-19/h1-7,14-16,18,20H,8-13H2/t14?,15?,16?,18-,19?/m0/s1. The Morgan fingerprint density at radius 2 is 1.50 bits per heavy atom. The molecule has 106 valence electrons. The van der Waals surface area contributed by atoms with Crippen molar-refractivity contribution in [3.05, 3.63) is 48.0 Å². The molecule has 5 rings (SSSR count). The van der Waals surface area contributed by atoms with Crippen LogP contribution in [0.5, 0.6) is 0 Å². The fraction of sp³-hybridized carbons (Fsp3) is 0.579. The molecule has 20 heavy (non-hydrogen) atoms. The number of hydrogen-bond acceptors (Lipinski definition) is 1. The number of hydrogen-bond donors (Lipinski definition) is 1. The molecular formula is C19H24O. The molecule has 0 spiro atoms. The maximum atomic E-state index is 10.3. The Balaban J connectivity index is 1.52. The molecule has 0 heterocycles. The molecule has 0 radical (unpaired) electrons. The van der Waals surface area contributed by atoms with Gasteiger partial charge in [0.1, 0.15) is 0 Å². The molecule has 4 saturated carbocycles. The van der Waals surface area contributed by atoms with Crippen molar-refractivity contribution in [2.75, 3.05) is 0 Å². The molecule has 1 N–H and O–H groups in total. The van der Waals surface area contributed by atoms with Crippen molar-refractivity contribution in [1.82, 2.24) is 0 Å². The molecule has 0 unspecified atom stereocenters. The molecule has 0 aliphatic heterocycles. The van der Waals surface area contributed by atoms with E-state index < -0.39 is 6.10 Å². The van der Waals surface area contributed by atoms with Crippen molar-refractivity contribution in [3.63, 3.8) is 0 Å². The number of rotatable bonds is 3. The van der Waals surface area contributed by atoms with Crippen molar-refractivity contribution in [3.8, 4) is 0 Å². The molecule has 1 nitrogen and oxygen atoms in total. The SMILES string of the molecule is O[C@@H](C=CC12CC3CC(CC(C3)C1)C2)c1ccccc1. The van der Waals surface area contributed by atoms with Crippen LogP contribution in [0.15, 0.2) is 42.5 Å². The zero-order valence-corrected chi connectivity index (χ0v) is 12.0. The second kappa shape index (κ2) is 4.73. The lowest BCUT2D eigenvalue weighted by Gasteiger charge is -2.56. The Morgan fingerprint density at radius 3 is 2.05 bits per heavy atom. The summed E-state index contributed by atoms with van der Waals surface area (Å²) < 4.78 is 0. The molecule has 1 atom stereocenters. The van der Waals surface area contributed by atoms with Gasteiger partial charge >= 0.3 is 0 Å². The van der Waals surface area contributed by atoms with Crippen molar-refractivity contribution in [2.45, 2.75) is 44.6 Å². The van der Waals surface area contributed by atoms with Crippen LogP contribution in [0.2, 0.25) is 0 Å². The molecule has 1 aromatic carbocycles. The van der Waals surface area contributed by atoms with Gasteiger partial charge in [0.15, 0.2) is 0 Å². The zero-order chi connectivity index (χ0) is 13.6. The fourth-order valence-electron chi connectivity index (χ4n) is 5.44. The first-order valence-corrected chi connectivity index (χ1v) is 8.15. The first kappa shape index (κ1) is 12.6. The van der Waals surface area contributed by atoms with Crippen LogP contribution in [0, 0.1) is 23.2 Å². The van der Waals surface area contributed by atoms with Gasteiger partial charge in [-0.3, -0.25) is 0 Å². The number of aliphatic hydroxyl groups is 1. The van der Waals surface area contributed by atoms with E-state index in [1.165, 1.54) is 38.5 Å². The highest BCUT2D eigenvalue weighted by molar-refractivity contribution is 5.22. The van der Waals surface area contributed by atoms with Gasteiger partial charge in [-0.05, 0) is 67.3 Å². The van der Waals surface area contributed by atoms with Gasteiger partial charge in [0.25, 0.3) is 0 Å². The lowest BCUT2D eigenvalue weighted by molar-refractivity contribution is -0.0242. The summed E-state index contributed by atoms with van der Waals surface area (Å²) in [5.74, 6) is 2.92. The lowest BCUT2D eigenvalue weighted by Crippen LogP contribution is -2.45. The van der Waals surface area contributed by atoms with Crippen LogP contribution in [-0.4, -0.2) is 5.11 Å². The van der Waals surface area contributed by atoms with Crippen LogP contribution >= 0.6 is 0 Å². The van der Waals surface area contributed by atoms with Crippen LogP contribution in [0.1, 0.15) is 50.2 Å². The largest absolute Gasteiger partial charge is 0.384 e. The van der Waals surface area contributed by atoms with Crippen molar-refractivity contribution < 1.29 is 5.11 Å². The predicted molar refractivity (Wildman–Crippen MR) is 81.1 cm³/mol. The summed E-state index contributed by atoms with van der Waals surface area (Å²) in [5, 5.41) is 10.3. The van der Waals surface area contributed by atoms with Gasteiger partial charge in [-0.2, -0.15) is 0 Å². The van der Waals surface area contributed by atoms with E-state index in [0.29, 0.717) is 5.41 Å². The van der Waals surface area contributed by atoms with Gasteiger partial charge < -0.3 is 5.11 Å². The molecule has 4 bridgehead atoms. The smallest absolute Gasteiger partial charge is 0.0972 e. The van der Waals surface area contributed by atoms with Gasteiger partial charge in [0.2, 0.25) is 0 Å². The van der Waals surface area contributed by atoms with E-state index in [1.54, 1.807) is 0 Å². The van der Waals surface area contributed by atoms with E-state index in [-0.39, 0.29) is 0 Å². The monoisotopic (exact) mass is 268 g/mol. The summed E-state index contributed by atoms with van der Waals surface area (Å²) in [7, 11) is 0. The Hall–Kier alpha value is -1.08. The summed E-state index contributed by atoms with van der Waals surface area (Å²) in [6, 6.07) is 10.0. The zero-order valence-electron chi connectivity index (χ0n) is 12.0. The summed E-state index contributed by atoms with van der Waals surface area (Å²) in [6.45, 7) is 0. The number of benzene rings is 1. The second-order valence-corrected chi connectivity index (χ2v) is 7.49. The Labute approximate surface area is 121 Å². The minimum atomic E-state index is -0.441. The topological polar surface area (TPSA) is 20.2 Å². The fourth-order valence-corrected chi connectivity index (χ4v) is 5.44. The van der Waals surface area contributed by atoms with Crippen LogP contribution in [-0.2, 0) is 0 Å². The maximum absolute atomic E-state index is 10.3. The minimum Gasteiger partial charge on any atom is -0.384 e. The van der Waals surface area contributed by atoms with Gasteiger partial charge in [0, 0.05) is 0 Å². The molecule has 1 heteroatoms. The molecule has 4 aliphatic rings. The average Bonchev–Trinajstić information content (AvgIpc) is 2.44. The van der Waals surface area contributed by atoms with Crippen LogP contribution in [0.4, 0.5) is 0 Å². The third kappa shape index (κ3) is 2.22. The highest BCUT2D eigenvalue weighted by atomic mass is 16.3. The molecule has 1 aromatic rings. The lowest BCUT2D eigenvalue weighted by atomic mass is 9.49. The summed E-state index contributed by atoms with van der Waals surface area (Å²) in [4.78, 5) is 0. The van der Waals surface area contributed by atoms with Gasteiger partial charge in [0.05, 0.1) is 6.10 Å². The quantitative estimate of drug-likeness (QED) is 0.801. The molecular weight excluding hydrogens is 244 g/mol. The van der Waals surface area contributed by atoms with E-state index in [4.69, 9.17) is 0 Å². The Kier molecular flexibility index (Phi) is 2.99. The molecule has 0 saturated heterocycles. The van der Waals surface area contributed by atoms with E-state index in [2.05, 4.69) is 12.2 Å². The minimum absolute atomic E-state index is 0.421. The van der Waals surface area contributed by atoms with Gasteiger partial charge in [-0.25, -0.2) is 0 Å². The number of allylic oxidation sites excluding steroid dienone is 1. The Bertz CT molecular complexity index is 466. The first-order valence-electron chi connectivity index (χ1n) is 8.15. The van der Waals surface area contributed by atoms with E-state index in [0.717, 1.165) is 23.3 Å². The molecule has 0 aromatic heterocycles. The highest BCUT2D eigenvalue weighted by Gasteiger charge is 2.49. The normalized spacial score (nSPS) is 40.4. The third-order valence-corrected chi connectivity index (χ3v) is 5.86.